The Labute approximate surface area is 98.9 Å². The molecule has 0 aliphatic carbocycles. The summed E-state index contributed by atoms with van der Waals surface area (Å²) in [5.74, 6) is 0. The van der Waals surface area contributed by atoms with Gasteiger partial charge in [-0.1, -0.05) is 25.1 Å². The van der Waals surface area contributed by atoms with Gasteiger partial charge in [0.2, 0.25) is 0 Å². The molecule has 16 heavy (non-hydrogen) atoms. The maximum atomic E-state index is 9.77. The Kier molecular flexibility index (Phi) is 3.98. The summed E-state index contributed by atoms with van der Waals surface area (Å²) < 4.78 is 0. The van der Waals surface area contributed by atoms with Gasteiger partial charge in [0.1, 0.15) is 0 Å². The molecule has 0 bridgehead atoms. The monoisotopic (exact) mass is 221 g/mol. The third-order valence-electron chi connectivity index (χ3n) is 3.52. The standard InChI is InChI=1S/C14H23NO/c1-6-14(3,4)15(5)13-10-8-7-9-12(13)11(2)16/h7-11,16H,6H2,1-5H3/t11-/m0/s1. The third-order valence-corrected chi connectivity index (χ3v) is 3.52. The normalized spacial score (nSPS) is 13.6. The predicted molar refractivity (Wildman–Crippen MR) is 69.8 cm³/mol. The van der Waals surface area contributed by atoms with Crippen molar-refractivity contribution in [1.82, 2.24) is 0 Å². The summed E-state index contributed by atoms with van der Waals surface area (Å²) in [7, 11) is 2.09. The molecule has 1 rings (SSSR count). The summed E-state index contributed by atoms with van der Waals surface area (Å²) in [5.41, 5.74) is 2.21. The highest BCUT2D eigenvalue weighted by Gasteiger charge is 2.23. The number of rotatable bonds is 4. The molecule has 0 heterocycles. The molecule has 90 valence electrons. The zero-order valence-electron chi connectivity index (χ0n) is 11.0. The van der Waals surface area contributed by atoms with E-state index in [-0.39, 0.29) is 5.54 Å². The highest BCUT2D eigenvalue weighted by molar-refractivity contribution is 5.55. The minimum atomic E-state index is -0.425. The van der Waals surface area contributed by atoms with Gasteiger partial charge in [0.15, 0.2) is 0 Å². The van der Waals surface area contributed by atoms with Crippen molar-refractivity contribution in [2.75, 3.05) is 11.9 Å². The highest BCUT2D eigenvalue weighted by atomic mass is 16.3. The van der Waals surface area contributed by atoms with Crippen LogP contribution in [0.5, 0.6) is 0 Å². The number of hydrogen-bond donors (Lipinski definition) is 1. The smallest absolute Gasteiger partial charge is 0.0781 e. The fraction of sp³-hybridized carbons (Fsp3) is 0.571. The van der Waals surface area contributed by atoms with Crippen molar-refractivity contribution in [2.24, 2.45) is 0 Å². The van der Waals surface area contributed by atoms with E-state index in [1.807, 2.05) is 25.1 Å². The summed E-state index contributed by atoms with van der Waals surface area (Å²) in [4.78, 5) is 2.25. The number of anilines is 1. The number of hydrogen-bond acceptors (Lipinski definition) is 2. The van der Waals surface area contributed by atoms with Crippen LogP contribution < -0.4 is 4.90 Å². The molecule has 0 saturated heterocycles. The summed E-state index contributed by atoms with van der Waals surface area (Å²) >= 11 is 0. The second-order valence-electron chi connectivity index (χ2n) is 4.96. The van der Waals surface area contributed by atoms with Crippen LogP contribution in [0.25, 0.3) is 0 Å². The van der Waals surface area contributed by atoms with Crippen molar-refractivity contribution in [1.29, 1.82) is 0 Å². The Morgan fingerprint density at radius 2 is 1.88 bits per heavy atom. The predicted octanol–water partition coefficient (Wildman–Crippen LogP) is 3.36. The van der Waals surface area contributed by atoms with Gasteiger partial charge in [-0.3, -0.25) is 0 Å². The van der Waals surface area contributed by atoms with Crippen LogP contribution in [0, 0.1) is 0 Å². The average molecular weight is 221 g/mol. The molecule has 0 aromatic heterocycles. The molecule has 2 heteroatoms. The van der Waals surface area contributed by atoms with E-state index in [1.54, 1.807) is 0 Å². The van der Waals surface area contributed by atoms with Crippen molar-refractivity contribution in [2.45, 2.75) is 45.8 Å². The number of aliphatic hydroxyl groups is 1. The second-order valence-corrected chi connectivity index (χ2v) is 4.96. The molecule has 0 unspecified atom stereocenters. The molecule has 2 nitrogen and oxygen atoms in total. The molecule has 1 N–H and O–H groups in total. The van der Waals surface area contributed by atoms with Crippen LogP contribution in [-0.2, 0) is 0 Å². The number of benzene rings is 1. The Bertz CT molecular complexity index is 344. The maximum absolute atomic E-state index is 9.77. The van der Waals surface area contributed by atoms with Gasteiger partial charge in [-0.25, -0.2) is 0 Å². The Morgan fingerprint density at radius 3 is 2.38 bits per heavy atom. The van der Waals surface area contributed by atoms with Gasteiger partial charge in [0.25, 0.3) is 0 Å². The summed E-state index contributed by atoms with van der Waals surface area (Å²) in [6.45, 7) is 8.42. The van der Waals surface area contributed by atoms with E-state index in [1.165, 1.54) is 0 Å². The summed E-state index contributed by atoms with van der Waals surface area (Å²) in [5, 5.41) is 9.77. The van der Waals surface area contributed by atoms with Gasteiger partial charge < -0.3 is 10.0 Å². The van der Waals surface area contributed by atoms with Crippen LogP contribution in [0.1, 0.15) is 45.8 Å². The molecule has 1 aromatic rings. The van der Waals surface area contributed by atoms with Crippen LogP contribution >= 0.6 is 0 Å². The zero-order valence-corrected chi connectivity index (χ0v) is 11.0. The highest BCUT2D eigenvalue weighted by Crippen LogP contribution is 2.31. The fourth-order valence-electron chi connectivity index (χ4n) is 1.71. The largest absolute Gasteiger partial charge is 0.389 e. The van der Waals surface area contributed by atoms with Crippen molar-refractivity contribution in [3.8, 4) is 0 Å². The van der Waals surface area contributed by atoms with E-state index >= 15 is 0 Å². The lowest BCUT2D eigenvalue weighted by Crippen LogP contribution is -2.41. The van der Waals surface area contributed by atoms with Crippen molar-refractivity contribution >= 4 is 5.69 Å². The van der Waals surface area contributed by atoms with E-state index in [0.29, 0.717) is 0 Å². The molecule has 0 amide bonds. The van der Waals surface area contributed by atoms with E-state index in [4.69, 9.17) is 0 Å². The summed E-state index contributed by atoms with van der Waals surface area (Å²) in [6, 6.07) is 8.05. The first kappa shape index (κ1) is 13.0. The Morgan fingerprint density at radius 1 is 1.31 bits per heavy atom. The van der Waals surface area contributed by atoms with Gasteiger partial charge in [-0.2, -0.15) is 0 Å². The number of para-hydroxylation sites is 1. The van der Waals surface area contributed by atoms with E-state index in [2.05, 4.69) is 38.8 Å². The van der Waals surface area contributed by atoms with Crippen molar-refractivity contribution in [3.05, 3.63) is 29.8 Å². The van der Waals surface area contributed by atoms with E-state index < -0.39 is 6.10 Å². The quantitative estimate of drug-likeness (QED) is 0.842. The zero-order chi connectivity index (χ0) is 12.3. The van der Waals surface area contributed by atoms with Crippen LogP contribution in [0.3, 0.4) is 0 Å². The minimum absolute atomic E-state index is 0.102. The molecule has 0 aliphatic heterocycles. The first-order valence-electron chi connectivity index (χ1n) is 5.91. The van der Waals surface area contributed by atoms with E-state index in [9.17, 15) is 5.11 Å². The fourth-order valence-corrected chi connectivity index (χ4v) is 1.71. The summed E-state index contributed by atoms with van der Waals surface area (Å²) in [6.07, 6.45) is 0.642. The molecule has 0 radical (unpaired) electrons. The third kappa shape index (κ3) is 2.56. The molecular formula is C14H23NO. The molecular weight excluding hydrogens is 198 g/mol. The van der Waals surface area contributed by atoms with E-state index in [0.717, 1.165) is 17.7 Å². The van der Waals surface area contributed by atoms with Gasteiger partial charge in [-0.05, 0) is 33.3 Å². The van der Waals surface area contributed by atoms with Gasteiger partial charge in [0, 0.05) is 23.8 Å². The van der Waals surface area contributed by atoms with Gasteiger partial charge >= 0.3 is 0 Å². The lowest BCUT2D eigenvalue weighted by molar-refractivity contribution is 0.199. The maximum Gasteiger partial charge on any atom is 0.0781 e. The SMILES string of the molecule is CCC(C)(C)N(C)c1ccccc1[C@H](C)O. The second kappa shape index (κ2) is 4.88. The van der Waals surface area contributed by atoms with Gasteiger partial charge in [-0.15, -0.1) is 0 Å². The molecule has 0 spiro atoms. The van der Waals surface area contributed by atoms with Gasteiger partial charge in [0.05, 0.1) is 6.10 Å². The lowest BCUT2D eigenvalue weighted by Gasteiger charge is -2.38. The number of aliphatic hydroxyl groups excluding tert-OH is 1. The molecule has 0 saturated carbocycles. The Hall–Kier alpha value is -1.02. The first-order chi connectivity index (χ1) is 7.40. The van der Waals surface area contributed by atoms with Crippen molar-refractivity contribution in [3.63, 3.8) is 0 Å². The van der Waals surface area contributed by atoms with Crippen LogP contribution in [-0.4, -0.2) is 17.7 Å². The van der Waals surface area contributed by atoms with Crippen LogP contribution in [0.2, 0.25) is 0 Å². The molecule has 0 fully saturated rings. The molecule has 1 atom stereocenters. The van der Waals surface area contributed by atoms with Crippen LogP contribution in [0.15, 0.2) is 24.3 Å². The molecule has 1 aromatic carbocycles. The number of nitrogens with zero attached hydrogens (tertiary/aromatic N) is 1. The lowest BCUT2D eigenvalue weighted by atomic mass is 9.97. The first-order valence-corrected chi connectivity index (χ1v) is 5.91. The Balaban J connectivity index is 3.13. The minimum Gasteiger partial charge on any atom is -0.389 e. The van der Waals surface area contributed by atoms with Crippen LogP contribution in [0.4, 0.5) is 5.69 Å². The molecule has 0 aliphatic rings. The van der Waals surface area contributed by atoms with Crippen molar-refractivity contribution < 1.29 is 5.11 Å². The topological polar surface area (TPSA) is 23.5 Å². The average Bonchev–Trinajstić information content (AvgIpc) is 2.28.